The third-order valence-corrected chi connectivity index (χ3v) is 3.00. The van der Waals surface area contributed by atoms with Gasteiger partial charge < -0.3 is 5.32 Å². The largest absolute Gasteiger partial charge is 0.306 e. The van der Waals surface area contributed by atoms with Gasteiger partial charge in [0.05, 0.1) is 4.92 Å². The number of halogens is 3. The Hall–Kier alpha value is -1.96. The lowest BCUT2D eigenvalue weighted by atomic mass is 10.2. The van der Waals surface area contributed by atoms with E-state index in [2.05, 4.69) is 15.3 Å². The van der Waals surface area contributed by atoms with Crippen LogP contribution in [0.1, 0.15) is 10.4 Å². The highest BCUT2D eigenvalue weighted by Gasteiger charge is 2.17. The number of carbonyl (C=O) groups excluding carboxylic acids is 1. The SMILES string of the molecule is O=C(Nc1cc(Cl)nc(Cl)n1)c1ccc(Cl)c([N+](=O)[O-])c1. The van der Waals surface area contributed by atoms with Crippen molar-refractivity contribution in [3.63, 3.8) is 0 Å². The number of amides is 1. The van der Waals surface area contributed by atoms with Crippen molar-refractivity contribution in [2.75, 3.05) is 5.32 Å². The predicted molar refractivity (Wildman–Crippen MR) is 78.1 cm³/mol. The summed E-state index contributed by atoms with van der Waals surface area (Å²) < 4.78 is 0. The monoisotopic (exact) mass is 346 g/mol. The van der Waals surface area contributed by atoms with Crippen LogP contribution in [0.15, 0.2) is 24.3 Å². The molecule has 0 unspecified atom stereocenters. The van der Waals surface area contributed by atoms with Gasteiger partial charge in [0.15, 0.2) is 0 Å². The van der Waals surface area contributed by atoms with Crippen LogP contribution in [0.2, 0.25) is 15.5 Å². The van der Waals surface area contributed by atoms with Gasteiger partial charge in [-0.3, -0.25) is 14.9 Å². The second kappa shape index (κ2) is 6.21. The lowest BCUT2D eigenvalue weighted by molar-refractivity contribution is -0.384. The minimum Gasteiger partial charge on any atom is -0.306 e. The quantitative estimate of drug-likeness (QED) is 0.396. The van der Waals surface area contributed by atoms with Crippen LogP contribution in [-0.2, 0) is 0 Å². The number of benzene rings is 1. The number of aromatic nitrogens is 2. The summed E-state index contributed by atoms with van der Waals surface area (Å²) in [7, 11) is 0. The Morgan fingerprint density at radius 3 is 2.52 bits per heavy atom. The predicted octanol–water partition coefficient (Wildman–Crippen LogP) is 3.60. The Balaban J connectivity index is 2.28. The number of hydrogen-bond acceptors (Lipinski definition) is 5. The summed E-state index contributed by atoms with van der Waals surface area (Å²) in [4.78, 5) is 29.5. The molecule has 0 bridgehead atoms. The number of anilines is 1. The second-order valence-electron chi connectivity index (χ2n) is 3.72. The fourth-order valence-electron chi connectivity index (χ4n) is 1.44. The molecule has 0 atom stereocenters. The van der Waals surface area contributed by atoms with Crippen LogP contribution in [0.3, 0.4) is 0 Å². The summed E-state index contributed by atoms with van der Waals surface area (Å²) >= 11 is 16.9. The Kier molecular flexibility index (Phi) is 4.56. The third kappa shape index (κ3) is 3.78. The molecule has 2 aromatic rings. The van der Waals surface area contributed by atoms with E-state index < -0.39 is 10.8 Å². The van der Waals surface area contributed by atoms with Crippen molar-refractivity contribution in [3.8, 4) is 0 Å². The van der Waals surface area contributed by atoms with E-state index in [0.29, 0.717) is 0 Å². The molecule has 1 aromatic heterocycles. The lowest BCUT2D eigenvalue weighted by Gasteiger charge is -2.05. The maximum Gasteiger partial charge on any atom is 0.288 e. The standard InChI is InChI=1S/C11H5Cl3N4O3/c12-6-2-1-5(3-7(6)18(20)21)10(19)16-9-4-8(13)15-11(14)17-9/h1-4H,(H,15,16,17,19). The van der Waals surface area contributed by atoms with Crippen LogP contribution in [0, 0.1) is 10.1 Å². The van der Waals surface area contributed by atoms with Crippen molar-refractivity contribution in [2.24, 2.45) is 0 Å². The van der Waals surface area contributed by atoms with Gasteiger partial charge in [0.1, 0.15) is 16.0 Å². The third-order valence-electron chi connectivity index (χ3n) is 2.31. The van der Waals surface area contributed by atoms with Crippen LogP contribution < -0.4 is 5.32 Å². The average molecular weight is 348 g/mol. The van der Waals surface area contributed by atoms with E-state index in [-0.39, 0.29) is 32.5 Å². The van der Waals surface area contributed by atoms with Crippen molar-refractivity contribution in [2.45, 2.75) is 0 Å². The summed E-state index contributed by atoms with van der Waals surface area (Å²) in [6.45, 7) is 0. The summed E-state index contributed by atoms with van der Waals surface area (Å²) in [5.41, 5.74) is -0.333. The highest BCUT2D eigenvalue weighted by atomic mass is 35.5. The number of nitrogens with zero attached hydrogens (tertiary/aromatic N) is 3. The fourth-order valence-corrected chi connectivity index (χ4v) is 2.03. The zero-order chi connectivity index (χ0) is 15.6. The van der Waals surface area contributed by atoms with Crippen molar-refractivity contribution in [1.82, 2.24) is 9.97 Å². The molecule has 10 heteroatoms. The highest BCUT2D eigenvalue weighted by Crippen LogP contribution is 2.25. The highest BCUT2D eigenvalue weighted by molar-refractivity contribution is 6.33. The van der Waals surface area contributed by atoms with Gasteiger partial charge in [-0.1, -0.05) is 23.2 Å². The molecule has 0 radical (unpaired) electrons. The van der Waals surface area contributed by atoms with Crippen molar-refractivity contribution in [3.05, 3.63) is 55.4 Å². The zero-order valence-corrected chi connectivity index (χ0v) is 12.3. The molecule has 1 heterocycles. The molecular weight excluding hydrogens is 343 g/mol. The molecule has 1 amide bonds. The molecule has 0 aliphatic carbocycles. The van der Waals surface area contributed by atoms with Gasteiger partial charge in [0.25, 0.3) is 11.6 Å². The maximum atomic E-state index is 12.0. The van der Waals surface area contributed by atoms with E-state index in [1.807, 2.05) is 0 Å². The number of rotatable bonds is 3. The van der Waals surface area contributed by atoms with Crippen molar-refractivity contribution >= 4 is 52.2 Å². The topological polar surface area (TPSA) is 98.0 Å². The van der Waals surface area contributed by atoms with Gasteiger partial charge in [-0.15, -0.1) is 0 Å². The average Bonchev–Trinajstić information content (AvgIpc) is 2.37. The van der Waals surface area contributed by atoms with Gasteiger partial charge in [-0.05, 0) is 23.7 Å². The van der Waals surface area contributed by atoms with Gasteiger partial charge in [0.2, 0.25) is 5.28 Å². The van der Waals surface area contributed by atoms with Crippen LogP contribution >= 0.6 is 34.8 Å². The first kappa shape index (κ1) is 15.4. The summed E-state index contributed by atoms with van der Waals surface area (Å²) in [5.74, 6) is -0.553. The molecule has 0 saturated carbocycles. The van der Waals surface area contributed by atoms with E-state index in [1.165, 1.54) is 18.2 Å². The molecule has 0 spiro atoms. The normalized spacial score (nSPS) is 10.2. The Morgan fingerprint density at radius 2 is 1.90 bits per heavy atom. The van der Waals surface area contributed by atoms with Gasteiger partial charge in [-0.2, -0.15) is 0 Å². The zero-order valence-electron chi connectivity index (χ0n) is 10.0. The number of nitrogens with one attached hydrogen (secondary N) is 1. The molecule has 1 N–H and O–H groups in total. The van der Waals surface area contributed by atoms with Crippen molar-refractivity contribution in [1.29, 1.82) is 0 Å². The molecule has 0 aliphatic heterocycles. The summed E-state index contributed by atoms with van der Waals surface area (Å²) in [5, 5.41) is 13.0. The van der Waals surface area contributed by atoms with E-state index >= 15 is 0 Å². The van der Waals surface area contributed by atoms with Crippen LogP contribution in [0.25, 0.3) is 0 Å². The number of nitro benzene ring substituents is 1. The first-order valence-electron chi connectivity index (χ1n) is 5.32. The summed E-state index contributed by atoms with van der Waals surface area (Å²) in [6.07, 6.45) is 0. The van der Waals surface area contributed by atoms with Crippen molar-refractivity contribution < 1.29 is 9.72 Å². The Labute approximate surface area is 133 Å². The fraction of sp³-hybridized carbons (Fsp3) is 0. The lowest BCUT2D eigenvalue weighted by Crippen LogP contribution is -2.13. The molecule has 0 fully saturated rings. The minimum absolute atomic E-state index is 0.0388. The molecule has 0 saturated heterocycles. The van der Waals surface area contributed by atoms with Gasteiger partial charge in [0, 0.05) is 17.7 Å². The first-order valence-corrected chi connectivity index (χ1v) is 6.45. The number of hydrogen-bond donors (Lipinski definition) is 1. The Morgan fingerprint density at radius 1 is 1.19 bits per heavy atom. The van der Waals surface area contributed by atoms with Gasteiger partial charge in [-0.25, -0.2) is 9.97 Å². The first-order chi connectivity index (χ1) is 9.86. The number of carbonyl (C=O) groups is 1. The van der Waals surface area contributed by atoms with Crippen LogP contribution in [-0.4, -0.2) is 20.8 Å². The molecule has 21 heavy (non-hydrogen) atoms. The Bertz CT molecular complexity index is 718. The molecule has 1 aromatic carbocycles. The minimum atomic E-state index is -0.683. The molecular formula is C11H5Cl3N4O3. The molecule has 2 rings (SSSR count). The number of nitro groups is 1. The summed E-state index contributed by atoms with van der Waals surface area (Å²) in [6, 6.07) is 4.95. The van der Waals surface area contributed by atoms with E-state index in [9.17, 15) is 14.9 Å². The van der Waals surface area contributed by atoms with Gasteiger partial charge >= 0.3 is 0 Å². The van der Waals surface area contributed by atoms with E-state index in [4.69, 9.17) is 34.8 Å². The second-order valence-corrected chi connectivity index (χ2v) is 4.85. The molecule has 7 nitrogen and oxygen atoms in total. The molecule has 108 valence electrons. The van der Waals surface area contributed by atoms with Crippen LogP contribution in [0.5, 0.6) is 0 Å². The smallest absolute Gasteiger partial charge is 0.288 e. The molecule has 0 aliphatic rings. The van der Waals surface area contributed by atoms with Crippen LogP contribution in [0.4, 0.5) is 11.5 Å². The maximum absolute atomic E-state index is 12.0. The van der Waals surface area contributed by atoms with E-state index in [0.717, 1.165) is 6.07 Å². The van der Waals surface area contributed by atoms with E-state index in [1.54, 1.807) is 0 Å².